The standard InChI is InChI=1S/C12H14N4/c13-12(14)11(8-16-7-6-15-9-16)10-4-2-1-3-5-10/h1-7,9,11H,8H2,(H3,13,14). The third-order valence-corrected chi connectivity index (χ3v) is 2.53. The minimum Gasteiger partial charge on any atom is -0.387 e. The van der Waals surface area contributed by atoms with Crippen LogP contribution in [-0.2, 0) is 6.54 Å². The van der Waals surface area contributed by atoms with Crippen molar-refractivity contribution in [3.63, 3.8) is 0 Å². The molecule has 0 aliphatic heterocycles. The highest BCUT2D eigenvalue weighted by atomic mass is 15.0. The van der Waals surface area contributed by atoms with E-state index in [0.717, 1.165) is 5.56 Å². The van der Waals surface area contributed by atoms with Gasteiger partial charge in [0.25, 0.3) is 0 Å². The van der Waals surface area contributed by atoms with Crippen LogP contribution in [0.1, 0.15) is 11.5 Å². The average molecular weight is 214 g/mol. The topological polar surface area (TPSA) is 67.7 Å². The smallest absolute Gasteiger partial charge is 0.1000 e. The fraction of sp³-hybridized carbons (Fsp3) is 0.167. The van der Waals surface area contributed by atoms with Crippen LogP contribution >= 0.6 is 0 Å². The maximum Gasteiger partial charge on any atom is 0.1000 e. The summed E-state index contributed by atoms with van der Waals surface area (Å²) in [4.78, 5) is 3.98. The zero-order chi connectivity index (χ0) is 11.4. The molecule has 3 N–H and O–H groups in total. The summed E-state index contributed by atoms with van der Waals surface area (Å²) in [6, 6.07) is 9.85. The van der Waals surface area contributed by atoms with E-state index in [9.17, 15) is 0 Å². The second-order valence-electron chi connectivity index (χ2n) is 3.68. The maximum atomic E-state index is 7.64. The molecule has 1 aromatic carbocycles. The summed E-state index contributed by atoms with van der Waals surface area (Å²) in [5, 5.41) is 7.64. The first kappa shape index (κ1) is 10.4. The molecule has 82 valence electrons. The fourth-order valence-electron chi connectivity index (χ4n) is 1.67. The largest absolute Gasteiger partial charge is 0.387 e. The molecule has 0 aliphatic carbocycles. The predicted octanol–water partition coefficient (Wildman–Crippen LogP) is 1.60. The van der Waals surface area contributed by atoms with Gasteiger partial charge in [0, 0.05) is 18.9 Å². The van der Waals surface area contributed by atoms with Crippen LogP contribution < -0.4 is 5.73 Å². The van der Waals surface area contributed by atoms with Crippen molar-refractivity contribution >= 4 is 5.84 Å². The van der Waals surface area contributed by atoms with E-state index in [1.807, 2.05) is 41.1 Å². The van der Waals surface area contributed by atoms with Crippen molar-refractivity contribution in [1.82, 2.24) is 9.55 Å². The van der Waals surface area contributed by atoms with Crippen molar-refractivity contribution in [3.8, 4) is 0 Å². The number of rotatable bonds is 4. The Morgan fingerprint density at radius 3 is 2.69 bits per heavy atom. The lowest BCUT2D eigenvalue weighted by Crippen LogP contribution is -2.24. The van der Waals surface area contributed by atoms with Crippen molar-refractivity contribution in [3.05, 3.63) is 54.6 Å². The Kier molecular flexibility index (Phi) is 3.00. The molecule has 1 atom stereocenters. The normalized spacial score (nSPS) is 12.2. The highest BCUT2D eigenvalue weighted by Crippen LogP contribution is 2.17. The Morgan fingerprint density at radius 1 is 1.38 bits per heavy atom. The van der Waals surface area contributed by atoms with E-state index < -0.39 is 0 Å². The third kappa shape index (κ3) is 2.28. The Balaban J connectivity index is 2.22. The van der Waals surface area contributed by atoms with Crippen molar-refractivity contribution < 1.29 is 0 Å². The average Bonchev–Trinajstić information content (AvgIpc) is 2.79. The molecule has 1 unspecified atom stereocenters. The molecule has 0 fully saturated rings. The Hall–Kier alpha value is -2.10. The summed E-state index contributed by atoms with van der Waals surface area (Å²) in [5.41, 5.74) is 6.69. The van der Waals surface area contributed by atoms with Crippen LogP contribution in [0.3, 0.4) is 0 Å². The van der Waals surface area contributed by atoms with Crippen LogP contribution in [0.15, 0.2) is 49.1 Å². The van der Waals surface area contributed by atoms with Gasteiger partial charge >= 0.3 is 0 Å². The molecule has 1 heterocycles. The van der Waals surface area contributed by atoms with Crippen LogP contribution in [0.4, 0.5) is 0 Å². The van der Waals surface area contributed by atoms with Gasteiger partial charge in [-0.25, -0.2) is 4.98 Å². The van der Waals surface area contributed by atoms with E-state index in [-0.39, 0.29) is 11.8 Å². The minimum atomic E-state index is -0.0876. The van der Waals surface area contributed by atoms with Gasteiger partial charge in [0.05, 0.1) is 18.1 Å². The molecule has 4 heteroatoms. The molecule has 2 rings (SSSR count). The molecule has 0 bridgehead atoms. The maximum absolute atomic E-state index is 7.64. The summed E-state index contributed by atoms with van der Waals surface area (Å²) < 4.78 is 1.93. The molecule has 0 amide bonds. The second-order valence-corrected chi connectivity index (χ2v) is 3.68. The van der Waals surface area contributed by atoms with Crippen LogP contribution in [0.2, 0.25) is 0 Å². The molecule has 4 nitrogen and oxygen atoms in total. The number of nitrogens with two attached hydrogens (primary N) is 1. The summed E-state index contributed by atoms with van der Waals surface area (Å²) in [5.74, 6) is 0.0929. The number of aromatic nitrogens is 2. The van der Waals surface area contributed by atoms with Gasteiger partial charge in [0.1, 0.15) is 0 Å². The Labute approximate surface area is 94.2 Å². The van der Waals surface area contributed by atoms with Crippen LogP contribution in [0.5, 0.6) is 0 Å². The molecule has 0 aliphatic rings. The highest BCUT2D eigenvalue weighted by Gasteiger charge is 2.14. The van der Waals surface area contributed by atoms with Gasteiger partial charge in [-0.05, 0) is 5.56 Å². The van der Waals surface area contributed by atoms with E-state index in [0.29, 0.717) is 6.54 Å². The van der Waals surface area contributed by atoms with Gasteiger partial charge in [0.2, 0.25) is 0 Å². The van der Waals surface area contributed by atoms with E-state index >= 15 is 0 Å². The lowest BCUT2D eigenvalue weighted by atomic mass is 9.98. The zero-order valence-electron chi connectivity index (χ0n) is 8.88. The SMILES string of the molecule is N=C(N)C(Cn1ccnc1)c1ccccc1. The first-order valence-electron chi connectivity index (χ1n) is 5.12. The zero-order valence-corrected chi connectivity index (χ0v) is 8.88. The highest BCUT2D eigenvalue weighted by molar-refractivity contribution is 5.84. The van der Waals surface area contributed by atoms with Gasteiger partial charge < -0.3 is 10.3 Å². The lowest BCUT2D eigenvalue weighted by molar-refractivity contribution is 0.653. The van der Waals surface area contributed by atoms with Gasteiger partial charge in [-0.1, -0.05) is 30.3 Å². The number of benzene rings is 1. The molecular weight excluding hydrogens is 200 g/mol. The first-order chi connectivity index (χ1) is 7.77. The summed E-state index contributed by atoms with van der Waals surface area (Å²) in [7, 11) is 0. The molecular formula is C12H14N4. The Morgan fingerprint density at radius 2 is 2.12 bits per heavy atom. The van der Waals surface area contributed by atoms with Crippen molar-refractivity contribution in [2.75, 3.05) is 0 Å². The molecule has 0 saturated carbocycles. The molecule has 16 heavy (non-hydrogen) atoms. The quantitative estimate of drug-likeness (QED) is 0.599. The summed E-state index contributed by atoms with van der Waals surface area (Å²) in [6.45, 7) is 0.652. The van der Waals surface area contributed by atoms with Crippen LogP contribution in [0.25, 0.3) is 0 Å². The Bertz CT molecular complexity index is 447. The lowest BCUT2D eigenvalue weighted by Gasteiger charge is -2.16. The van der Waals surface area contributed by atoms with Crippen LogP contribution in [0, 0.1) is 5.41 Å². The van der Waals surface area contributed by atoms with Gasteiger partial charge in [-0.3, -0.25) is 5.41 Å². The first-order valence-corrected chi connectivity index (χ1v) is 5.12. The minimum absolute atomic E-state index is 0.0876. The van der Waals surface area contributed by atoms with E-state index in [1.54, 1.807) is 12.5 Å². The number of amidine groups is 1. The van der Waals surface area contributed by atoms with Crippen molar-refractivity contribution in [2.24, 2.45) is 5.73 Å². The summed E-state index contributed by atoms with van der Waals surface area (Å²) >= 11 is 0. The number of imidazole rings is 1. The fourth-order valence-corrected chi connectivity index (χ4v) is 1.67. The molecule has 2 aromatic rings. The molecule has 0 radical (unpaired) electrons. The molecule has 0 spiro atoms. The van der Waals surface area contributed by atoms with Crippen molar-refractivity contribution in [1.29, 1.82) is 5.41 Å². The van der Waals surface area contributed by atoms with Gasteiger partial charge in [0.15, 0.2) is 0 Å². The number of nitrogens with one attached hydrogen (secondary N) is 1. The second kappa shape index (κ2) is 4.61. The number of hydrogen-bond donors (Lipinski definition) is 2. The summed E-state index contributed by atoms with van der Waals surface area (Å²) in [6.07, 6.45) is 5.33. The molecule has 1 aromatic heterocycles. The van der Waals surface area contributed by atoms with Gasteiger partial charge in [-0.15, -0.1) is 0 Å². The number of hydrogen-bond acceptors (Lipinski definition) is 2. The number of nitrogens with zero attached hydrogens (tertiary/aromatic N) is 2. The van der Waals surface area contributed by atoms with Gasteiger partial charge in [-0.2, -0.15) is 0 Å². The van der Waals surface area contributed by atoms with E-state index in [1.165, 1.54) is 0 Å². The van der Waals surface area contributed by atoms with E-state index in [4.69, 9.17) is 11.1 Å². The third-order valence-electron chi connectivity index (χ3n) is 2.53. The van der Waals surface area contributed by atoms with Crippen molar-refractivity contribution in [2.45, 2.75) is 12.5 Å². The van der Waals surface area contributed by atoms with Crippen LogP contribution in [-0.4, -0.2) is 15.4 Å². The monoisotopic (exact) mass is 214 g/mol. The predicted molar refractivity (Wildman–Crippen MR) is 63.3 cm³/mol. The molecule has 0 saturated heterocycles. The van der Waals surface area contributed by atoms with E-state index in [2.05, 4.69) is 4.98 Å².